The van der Waals surface area contributed by atoms with E-state index >= 15 is 0 Å². The summed E-state index contributed by atoms with van der Waals surface area (Å²) in [4.78, 5) is 36.5. The molecule has 37 heavy (non-hydrogen) atoms. The van der Waals surface area contributed by atoms with Crippen molar-refractivity contribution in [2.24, 2.45) is 5.10 Å². The van der Waals surface area contributed by atoms with Crippen molar-refractivity contribution in [1.29, 1.82) is 0 Å². The van der Waals surface area contributed by atoms with Gasteiger partial charge in [0, 0.05) is 5.56 Å². The van der Waals surface area contributed by atoms with Crippen LogP contribution >= 0.6 is 0 Å². The number of ether oxygens (including phenoxy) is 3. The van der Waals surface area contributed by atoms with Gasteiger partial charge in [0.05, 0.1) is 31.5 Å². The van der Waals surface area contributed by atoms with Crippen molar-refractivity contribution in [1.82, 2.24) is 10.7 Å². The number of nitrogens with one attached hydrogen (secondary N) is 2. The first-order chi connectivity index (χ1) is 17.9. The third-order valence-electron chi connectivity index (χ3n) is 4.79. The molecule has 192 valence electrons. The van der Waals surface area contributed by atoms with Crippen LogP contribution in [0.15, 0.2) is 71.8 Å². The number of hydrazone groups is 1. The Morgan fingerprint density at radius 2 is 1.54 bits per heavy atom. The largest absolute Gasteiger partial charge is 0.494 e. The third kappa shape index (κ3) is 8.17. The van der Waals surface area contributed by atoms with E-state index in [0.29, 0.717) is 35.8 Å². The number of hydrogen-bond acceptors (Lipinski definition) is 7. The highest BCUT2D eigenvalue weighted by Crippen LogP contribution is 2.29. The molecule has 0 atom stereocenters. The number of rotatable bonds is 11. The molecule has 10 heteroatoms. The fraction of sp³-hybridized carbons (Fsp3) is 0.185. The summed E-state index contributed by atoms with van der Waals surface area (Å²) in [6, 6.07) is 16.3. The van der Waals surface area contributed by atoms with Crippen LogP contribution in [0.25, 0.3) is 0 Å². The van der Waals surface area contributed by atoms with Gasteiger partial charge in [0.2, 0.25) is 0 Å². The number of carbonyl (C=O) groups excluding carboxylic acids is 3. The summed E-state index contributed by atoms with van der Waals surface area (Å²) in [7, 11) is 0. The molecule has 0 aliphatic heterocycles. The van der Waals surface area contributed by atoms with E-state index < -0.39 is 23.6 Å². The Morgan fingerprint density at radius 1 is 0.865 bits per heavy atom. The highest BCUT2D eigenvalue weighted by molar-refractivity contribution is 5.96. The molecule has 2 N–H and O–H groups in total. The van der Waals surface area contributed by atoms with Crippen LogP contribution in [0.5, 0.6) is 17.2 Å². The Hall–Kier alpha value is -4.73. The second kappa shape index (κ2) is 13.4. The van der Waals surface area contributed by atoms with Crippen molar-refractivity contribution in [3.63, 3.8) is 0 Å². The second-order valence-electron chi connectivity index (χ2n) is 7.47. The summed E-state index contributed by atoms with van der Waals surface area (Å²) >= 11 is 0. The molecule has 0 aliphatic carbocycles. The first-order valence-corrected chi connectivity index (χ1v) is 11.5. The van der Waals surface area contributed by atoms with Crippen LogP contribution in [0.3, 0.4) is 0 Å². The van der Waals surface area contributed by atoms with Crippen molar-refractivity contribution in [3.05, 3.63) is 89.2 Å². The monoisotopic (exact) mass is 507 g/mol. The zero-order chi connectivity index (χ0) is 26.6. The molecule has 2 amide bonds. The molecular formula is C27H26FN3O6. The molecule has 0 radical (unpaired) electrons. The molecular weight excluding hydrogens is 481 g/mol. The van der Waals surface area contributed by atoms with Crippen LogP contribution in [0.1, 0.15) is 40.1 Å². The summed E-state index contributed by atoms with van der Waals surface area (Å²) in [6.07, 6.45) is 1.38. The van der Waals surface area contributed by atoms with Crippen molar-refractivity contribution >= 4 is 24.0 Å². The number of nitrogens with zero attached hydrogens (tertiary/aromatic N) is 1. The van der Waals surface area contributed by atoms with Gasteiger partial charge in [-0.25, -0.2) is 14.6 Å². The third-order valence-corrected chi connectivity index (χ3v) is 4.79. The quantitative estimate of drug-likeness (QED) is 0.177. The summed E-state index contributed by atoms with van der Waals surface area (Å²) in [5, 5.41) is 6.28. The number of hydrogen-bond donors (Lipinski definition) is 2. The SMILES string of the molecule is CCOc1ccc(C(=O)Oc2ccc(/C=N\NC(=O)CNC(=O)c3ccc(F)cc3)cc2OCC)cc1. The Balaban J connectivity index is 1.56. The second-order valence-corrected chi connectivity index (χ2v) is 7.47. The summed E-state index contributed by atoms with van der Waals surface area (Å²) in [5.74, 6) is -0.891. The summed E-state index contributed by atoms with van der Waals surface area (Å²) in [5.41, 5.74) is 3.45. The Kier molecular flexibility index (Phi) is 9.72. The van der Waals surface area contributed by atoms with E-state index in [1.807, 2.05) is 6.92 Å². The van der Waals surface area contributed by atoms with Gasteiger partial charge in [-0.15, -0.1) is 0 Å². The lowest BCUT2D eigenvalue weighted by molar-refractivity contribution is -0.120. The lowest BCUT2D eigenvalue weighted by atomic mass is 10.2. The predicted molar refractivity (Wildman–Crippen MR) is 135 cm³/mol. The van der Waals surface area contributed by atoms with E-state index in [0.717, 1.165) is 12.1 Å². The van der Waals surface area contributed by atoms with Crippen LogP contribution in [-0.2, 0) is 4.79 Å². The highest BCUT2D eigenvalue weighted by atomic mass is 19.1. The molecule has 0 aromatic heterocycles. The molecule has 3 aromatic carbocycles. The van der Waals surface area contributed by atoms with E-state index in [2.05, 4.69) is 15.8 Å². The Bertz CT molecular complexity index is 1260. The molecule has 0 heterocycles. The van der Waals surface area contributed by atoms with Gasteiger partial charge in [-0.2, -0.15) is 5.10 Å². The Labute approximate surface area is 213 Å². The van der Waals surface area contributed by atoms with E-state index in [4.69, 9.17) is 14.2 Å². The molecule has 0 aliphatic rings. The number of halogens is 1. The fourth-order valence-electron chi connectivity index (χ4n) is 3.05. The van der Waals surface area contributed by atoms with Crippen LogP contribution in [0, 0.1) is 5.82 Å². The van der Waals surface area contributed by atoms with Crippen molar-refractivity contribution in [3.8, 4) is 17.2 Å². The zero-order valence-electron chi connectivity index (χ0n) is 20.3. The van der Waals surface area contributed by atoms with Crippen LogP contribution in [0.4, 0.5) is 4.39 Å². The highest BCUT2D eigenvalue weighted by Gasteiger charge is 2.14. The maximum Gasteiger partial charge on any atom is 0.343 e. The van der Waals surface area contributed by atoms with Gasteiger partial charge < -0.3 is 19.5 Å². The normalized spacial score (nSPS) is 10.6. The smallest absolute Gasteiger partial charge is 0.343 e. The Morgan fingerprint density at radius 3 is 2.22 bits per heavy atom. The zero-order valence-corrected chi connectivity index (χ0v) is 20.3. The van der Waals surface area contributed by atoms with Crippen LogP contribution < -0.4 is 25.0 Å². The summed E-state index contributed by atoms with van der Waals surface area (Å²) < 4.78 is 29.4. The molecule has 9 nitrogen and oxygen atoms in total. The van der Waals surface area contributed by atoms with Crippen molar-refractivity contribution in [2.75, 3.05) is 19.8 Å². The average Bonchev–Trinajstić information content (AvgIpc) is 2.90. The van der Waals surface area contributed by atoms with E-state index in [9.17, 15) is 18.8 Å². The molecule has 0 fully saturated rings. The van der Waals surface area contributed by atoms with Crippen LogP contribution in [-0.4, -0.2) is 43.8 Å². The molecule has 0 spiro atoms. The predicted octanol–water partition coefficient (Wildman–Crippen LogP) is 3.72. The minimum atomic E-state index is -0.558. The minimum absolute atomic E-state index is 0.226. The van der Waals surface area contributed by atoms with Gasteiger partial charge in [-0.1, -0.05) is 0 Å². The van der Waals surface area contributed by atoms with Gasteiger partial charge >= 0.3 is 5.97 Å². The number of carbonyl (C=O) groups is 3. The van der Waals surface area contributed by atoms with Crippen molar-refractivity contribution < 1.29 is 33.0 Å². The standard InChI is InChI=1S/C27H26FN3O6/c1-3-35-22-12-8-20(9-13-22)27(34)37-23-14-5-18(15-24(23)36-4-2)16-30-31-25(32)17-29-26(33)19-6-10-21(28)11-7-19/h5-16H,3-4,17H2,1-2H3,(H,29,33)(H,31,32)/b30-16-. The molecule has 0 saturated heterocycles. The first kappa shape index (κ1) is 26.9. The number of amides is 2. The van der Waals surface area contributed by atoms with Gasteiger partial charge in [-0.3, -0.25) is 9.59 Å². The van der Waals surface area contributed by atoms with Crippen molar-refractivity contribution in [2.45, 2.75) is 13.8 Å². The molecule has 0 bridgehead atoms. The van der Waals surface area contributed by atoms with Crippen LogP contribution in [0.2, 0.25) is 0 Å². The maximum atomic E-state index is 12.9. The fourth-order valence-corrected chi connectivity index (χ4v) is 3.05. The lowest BCUT2D eigenvalue weighted by Crippen LogP contribution is -2.34. The van der Waals surface area contributed by atoms with E-state index in [1.165, 1.54) is 18.3 Å². The van der Waals surface area contributed by atoms with Gasteiger partial charge in [0.25, 0.3) is 11.8 Å². The van der Waals surface area contributed by atoms with E-state index in [1.54, 1.807) is 49.4 Å². The minimum Gasteiger partial charge on any atom is -0.494 e. The lowest BCUT2D eigenvalue weighted by Gasteiger charge is -2.11. The topological polar surface area (TPSA) is 115 Å². The van der Waals surface area contributed by atoms with Gasteiger partial charge in [0.1, 0.15) is 11.6 Å². The number of benzene rings is 3. The molecule has 3 aromatic rings. The number of esters is 1. The molecule has 0 unspecified atom stereocenters. The van der Waals surface area contributed by atoms with Gasteiger partial charge in [-0.05, 0) is 86.1 Å². The molecule has 3 rings (SSSR count). The molecule has 0 saturated carbocycles. The average molecular weight is 508 g/mol. The van der Waals surface area contributed by atoms with Gasteiger partial charge in [0.15, 0.2) is 11.5 Å². The maximum absolute atomic E-state index is 12.9. The summed E-state index contributed by atoms with van der Waals surface area (Å²) in [6.45, 7) is 4.20. The van der Waals surface area contributed by atoms with E-state index in [-0.39, 0.29) is 17.9 Å². The first-order valence-electron chi connectivity index (χ1n) is 11.5.